The normalized spacial score (nSPS) is 10.4. The van der Waals surface area contributed by atoms with Gasteiger partial charge in [0.25, 0.3) is 0 Å². The number of hydrogen-bond donors (Lipinski definition) is 1. The number of nitrogen functional groups attached to an aromatic ring is 1. The second-order valence-electron chi connectivity index (χ2n) is 4.36. The molecule has 0 spiro atoms. The average Bonchev–Trinajstić information content (AvgIpc) is 2.97. The zero-order valence-electron chi connectivity index (χ0n) is 10.7. The van der Waals surface area contributed by atoms with Crippen LogP contribution in [-0.4, -0.2) is 17.4 Å². The number of benzene rings is 2. The zero-order chi connectivity index (χ0) is 14.1. The molecule has 0 saturated carbocycles. The first kappa shape index (κ1) is 12.0. The molecule has 0 radical (unpaired) electrons. The van der Waals surface area contributed by atoms with Crippen LogP contribution in [0.4, 0.5) is 17.1 Å². The third-order valence-electron chi connectivity index (χ3n) is 3.15. The first-order valence-corrected chi connectivity index (χ1v) is 5.95. The molecule has 0 atom stereocenters. The molecule has 0 amide bonds. The van der Waals surface area contributed by atoms with Crippen LogP contribution in [0.2, 0.25) is 0 Å². The van der Waals surface area contributed by atoms with Gasteiger partial charge in [-0.1, -0.05) is 6.07 Å². The van der Waals surface area contributed by atoms with Crippen LogP contribution in [0.1, 0.15) is 5.56 Å². The molecule has 0 aliphatic carbocycles. The standard InChI is InChI=1S/C14H11N5O/c1-19(10-4-2-3-9(7-10)8-15)12-6-5-11(16)13-14(12)18-20-17-13/h2-7H,16H2,1H3. The highest BCUT2D eigenvalue weighted by Crippen LogP contribution is 2.32. The number of anilines is 3. The van der Waals surface area contributed by atoms with Crippen molar-refractivity contribution in [2.75, 3.05) is 17.7 Å². The van der Waals surface area contributed by atoms with E-state index >= 15 is 0 Å². The van der Waals surface area contributed by atoms with Crippen LogP contribution in [-0.2, 0) is 0 Å². The summed E-state index contributed by atoms with van der Waals surface area (Å²) in [4.78, 5) is 1.91. The molecule has 0 saturated heterocycles. The highest BCUT2D eigenvalue weighted by Gasteiger charge is 2.14. The van der Waals surface area contributed by atoms with Gasteiger partial charge >= 0.3 is 0 Å². The third-order valence-corrected chi connectivity index (χ3v) is 3.15. The monoisotopic (exact) mass is 265 g/mol. The van der Waals surface area contributed by atoms with Crippen LogP contribution in [0.25, 0.3) is 11.0 Å². The van der Waals surface area contributed by atoms with E-state index in [0.29, 0.717) is 22.3 Å². The largest absolute Gasteiger partial charge is 0.397 e. The van der Waals surface area contributed by atoms with Gasteiger partial charge in [-0.25, -0.2) is 4.63 Å². The van der Waals surface area contributed by atoms with E-state index in [4.69, 9.17) is 15.6 Å². The SMILES string of the molecule is CN(c1cccc(C#N)c1)c1ccc(N)c2nonc12. The van der Waals surface area contributed by atoms with Crippen LogP contribution in [0.15, 0.2) is 41.0 Å². The lowest BCUT2D eigenvalue weighted by Gasteiger charge is -2.19. The number of nitriles is 1. The number of rotatable bonds is 2. The van der Waals surface area contributed by atoms with Crippen molar-refractivity contribution in [3.05, 3.63) is 42.0 Å². The van der Waals surface area contributed by atoms with Gasteiger partial charge in [-0.3, -0.25) is 0 Å². The molecule has 6 heteroatoms. The van der Waals surface area contributed by atoms with Crippen molar-refractivity contribution in [3.8, 4) is 6.07 Å². The fourth-order valence-electron chi connectivity index (χ4n) is 2.07. The Bertz CT molecular complexity index is 818. The second-order valence-corrected chi connectivity index (χ2v) is 4.36. The van der Waals surface area contributed by atoms with E-state index in [0.717, 1.165) is 11.4 Å². The Morgan fingerprint density at radius 2 is 2.00 bits per heavy atom. The van der Waals surface area contributed by atoms with E-state index in [2.05, 4.69) is 16.4 Å². The molecule has 2 aromatic carbocycles. The van der Waals surface area contributed by atoms with Crippen molar-refractivity contribution in [1.29, 1.82) is 5.26 Å². The molecule has 0 fully saturated rings. The molecule has 1 aromatic heterocycles. The van der Waals surface area contributed by atoms with E-state index in [9.17, 15) is 0 Å². The first-order valence-electron chi connectivity index (χ1n) is 5.95. The minimum Gasteiger partial charge on any atom is -0.397 e. The molecule has 20 heavy (non-hydrogen) atoms. The van der Waals surface area contributed by atoms with Gasteiger partial charge in [0, 0.05) is 12.7 Å². The first-order chi connectivity index (χ1) is 9.70. The smallest absolute Gasteiger partial charge is 0.160 e. The lowest BCUT2D eigenvalue weighted by Crippen LogP contribution is -2.10. The van der Waals surface area contributed by atoms with E-state index in [1.165, 1.54) is 0 Å². The molecule has 0 unspecified atom stereocenters. The van der Waals surface area contributed by atoms with Gasteiger partial charge in [-0.05, 0) is 40.6 Å². The van der Waals surface area contributed by atoms with Gasteiger partial charge < -0.3 is 10.6 Å². The van der Waals surface area contributed by atoms with E-state index < -0.39 is 0 Å². The summed E-state index contributed by atoms with van der Waals surface area (Å²) in [5.74, 6) is 0. The minimum atomic E-state index is 0.518. The minimum absolute atomic E-state index is 0.518. The summed E-state index contributed by atoms with van der Waals surface area (Å²) in [6, 6.07) is 13.0. The van der Waals surface area contributed by atoms with Gasteiger partial charge in [0.2, 0.25) is 0 Å². The predicted molar refractivity (Wildman–Crippen MR) is 75.4 cm³/mol. The van der Waals surface area contributed by atoms with Gasteiger partial charge in [0.1, 0.15) is 0 Å². The van der Waals surface area contributed by atoms with E-state index in [-0.39, 0.29) is 0 Å². The highest BCUT2D eigenvalue weighted by atomic mass is 16.6. The fourth-order valence-corrected chi connectivity index (χ4v) is 2.07. The Morgan fingerprint density at radius 1 is 1.20 bits per heavy atom. The molecular formula is C14H11N5O. The molecule has 0 bridgehead atoms. The van der Waals surface area contributed by atoms with Gasteiger partial charge in [-0.2, -0.15) is 5.26 Å². The van der Waals surface area contributed by atoms with Crippen LogP contribution in [0.3, 0.4) is 0 Å². The average molecular weight is 265 g/mol. The van der Waals surface area contributed by atoms with Crippen LogP contribution in [0, 0.1) is 11.3 Å². The van der Waals surface area contributed by atoms with Gasteiger partial charge in [-0.15, -0.1) is 0 Å². The third kappa shape index (κ3) is 1.82. The maximum atomic E-state index is 8.97. The fraction of sp³-hybridized carbons (Fsp3) is 0.0714. The summed E-state index contributed by atoms with van der Waals surface area (Å²) >= 11 is 0. The van der Waals surface area contributed by atoms with E-state index in [1.807, 2.05) is 30.1 Å². The summed E-state index contributed by atoms with van der Waals surface area (Å²) in [6.07, 6.45) is 0. The number of fused-ring (bicyclic) bond motifs is 1. The Kier molecular flexibility index (Phi) is 2.73. The Balaban J connectivity index is 2.13. The van der Waals surface area contributed by atoms with Crippen molar-refractivity contribution in [1.82, 2.24) is 10.3 Å². The molecule has 98 valence electrons. The second kappa shape index (κ2) is 4.55. The molecule has 2 N–H and O–H groups in total. The molecule has 3 aromatic rings. The molecule has 0 aliphatic heterocycles. The topological polar surface area (TPSA) is 92.0 Å². The number of nitrogens with two attached hydrogens (primary N) is 1. The number of hydrogen-bond acceptors (Lipinski definition) is 6. The number of nitrogens with zero attached hydrogens (tertiary/aromatic N) is 4. The summed E-state index contributed by atoms with van der Waals surface area (Å²) in [6.45, 7) is 0. The molecule has 0 aliphatic rings. The zero-order valence-corrected chi connectivity index (χ0v) is 10.7. The van der Waals surface area contributed by atoms with Crippen LogP contribution < -0.4 is 10.6 Å². The summed E-state index contributed by atoms with van der Waals surface area (Å²) in [5.41, 5.74) is 9.75. The Hall–Kier alpha value is -3.07. The van der Waals surface area contributed by atoms with Gasteiger partial charge in [0.05, 0.1) is 23.0 Å². The van der Waals surface area contributed by atoms with Crippen molar-refractivity contribution < 1.29 is 4.63 Å². The Morgan fingerprint density at radius 3 is 2.80 bits per heavy atom. The lowest BCUT2D eigenvalue weighted by molar-refractivity contribution is 0.315. The van der Waals surface area contributed by atoms with Crippen LogP contribution in [0.5, 0.6) is 0 Å². The molecule has 6 nitrogen and oxygen atoms in total. The summed E-state index contributed by atoms with van der Waals surface area (Å²) < 4.78 is 4.76. The van der Waals surface area contributed by atoms with Crippen molar-refractivity contribution in [2.24, 2.45) is 0 Å². The molecule has 3 rings (SSSR count). The van der Waals surface area contributed by atoms with E-state index in [1.54, 1.807) is 18.2 Å². The molecule has 1 heterocycles. The Labute approximate surface area is 115 Å². The van der Waals surface area contributed by atoms with Crippen molar-refractivity contribution >= 4 is 28.1 Å². The van der Waals surface area contributed by atoms with Crippen molar-refractivity contribution in [3.63, 3.8) is 0 Å². The summed E-state index contributed by atoms with van der Waals surface area (Å²) in [7, 11) is 1.89. The summed E-state index contributed by atoms with van der Waals surface area (Å²) in [5, 5.41) is 16.7. The van der Waals surface area contributed by atoms with Crippen molar-refractivity contribution in [2.45, 2.75) is 0 Å². The predicted octanol–water partition coefficient (Wildman–Crippen LogP) is 2.44. The quantitative estimate of drug-likeness (QED) is 0.715. The number of aromatic nitrogens is 2. The van der Waals surface area contributed by atoms with Crippen LogP contribution >= 0.6 is 0 Å². The lowest BCUT2D eigenvalue weighted by atomic mass is 10.1. The molecular weight excluding hydrogens is 254 g/mol. The highest BCUT2D eigenvalue weighted by molar-refractivity contribution is 5.96. The maximum absolute atomic E-state index is 8.97. The maximum Gasteiger partial charge on any atom is 0.160 e. The van der Waals surface area contributed by atoms with Gasteiger partial charge in [0.15, 0.2) is 11.0 Å².